The zero-order chi connectivity index (χ0) is 16.8. The third-order valence-electron chi connectivity index (χ3n) is 3.77. The molecule has 0 saturated carbocycles. The summed E-state index contributed by atoms with van der Waals surface area (Å²) in [5, 5.41) is 3.02. The molecule has 2 aromatic rings. The van der Waals surface area contributed by atoms with Gasteiger partial charge in [0.05, 0.1) is 26.7 Å². The average molecular weight is 313 g/mol. The van der Waals surface area contributed by atoms with Gasteiger partial charge in [0.1, 0.15) is 0 Å². The third-order valence-corrected chi connectivity index (χ3v) is 3.77. The summed E-state index contributed by atoms with van der Waals surface area (Å²) in [5.74, 6) is 1.26. The van der Waals surface area contributed by atoms with Gasteiger partial charge in [-0.3, -0.25) is 4.79 Å². The topological polar surface area (TPSA) is 47.6 Å². The molecule has 1 amide bonds. The Hall–Kier alpha value is -2.49. The van der Waals surface area contributed by atoms with Crippen molar-refractivity contribution < 1.29 is 14.3 Å². The predicted octanol–water partition coefficient (Wildman–Crippen LogP) is 3.43. The van der Waals surface area contributed by atoms with Crippen LogP contribution in [0.15, 0.2) is 42.5 Å². The van der Waals surface area contributed by atoms with Crippen LogP contribution in [0.2, 0.25) is 0 Å². The molecule has 2 aromatic carbocycles. The molecule has 0 fully saturated rings. The molecule has 0 radical (unpaired) electrons. The third kappa shape index (κ3) is 4.49. The van der Waals surface area contributed by atoms with E-state index in [1.165, 1.54) is 5.56 Å². The molecule has 1 atom stereocenters. The monoisotopic (exact) mass is 313 g/mol. The van der Waals surface area contributed by atoms with Crippen LogP contribution in [-0.2, 0) is 11.2 Å². The normalized spacial score (nSPS) is 11.7. The van der Waals surface area contributed by atoms with E-state index in [1.54, 1.807) is 14.2 Å². The fourth-order valence-corrected chi connectivity index (χ4v) is 2.41. The number of aryl methyl sites for hydroxylation is 1. The van der Waals surface area contributed by atoms with E-state index in [9.17, 15) is 4.79 Å². The Labute approximate surface area is 137 Å². The molecule has 4 heteroatoms. The smallest absolute Gasteiger partial charge is 0.224 e. The van der Waals surface area contributed by atoms with Gasteiger partial charge in [-0.15, -0.1) is 0 Å². The second-order valence-corrected chi connectivity index (χ2v) is 5.57. The van der Waals surface area contributed by atoms with Crippen molar-refractivity contribution in [2.75, 3.05) is 14.2 Å². The molecule has 0 unspecified atom stereocenters. The molecule has 0 heterocycles. The summed E-state index contributed by atoms with van der Waals surface area (Å²) in [6.45, 7) is 4.03. The number of methoxy groups -OCH3 is 2. The minimum Gasteiger partial charge on any atom is -0.493 e. The molecule has 23 heavy (non-hydrogen) atoms. The largest absolute Gasteiger partial charge is 0.493 e. The lowest BCUT2D eigenvalue weighted by molar-refractivity contribution is -0.121. The van der Waals surface area contributed by atoms with Gasteiger partial charge < -0.3 is 14.8 Å². The van der Waals surface area contributed by atoms with Gasteiger partial charge in [-0.05, 0) is 37.1 Å². The van der Waals surface area contributed by atoms with E-state index in [2.05, 4.69) is 5.32 Å². The molecule has 0 bridgehead atoms. The minimum atomic E-state index is -0.0248. The van der Waals surface area contributed by atoms with Crippen LogP contribution < -0.4 is 14.8 Å². The van der Waals surface area contributed by atoms with Crippen molar-refractivity contribution in [1.29, 1.82) is 0 Å². The minimum absolute atomic E-state index is 0.0229. The lowest BCUT2D eigenvalue weighted by Crippen LogP contribution is -2.28. The van der Waals surface area contributed by atoms with E-state index in [-0.39, 0.29) is 11.9 Å². The standard InChI is InChI=1S/C19H23NO3/c1-13-5-8-16(9-6-13)14(2)20-19(21)12-15-7-10-17(22-3)18(11-15)23-4/h5-11,14H,12H2,1-4H3,(H,20,21)/t14-/m1/s1. The number of ether oxygens (including phenoxy) is 2. The number of nitrogens with one attached hydrogen (secondary N) is 1. The van der Waals surface area contributed by atoms with Crippen LogP contribution in [0, 0.1) is 6.92 Å². The van der Waals surface area contributed by atoms with E-state index >= 15 is 0 Å². The van der Waals surface area contributed by atoms with Crippen LogP contribution in [0.4, 0.5) is 0 Å². The van der Waals surface area contributed by atoms with Crippen LogP contribution in [0.25, 0.3) is 0 Å². The first-order valence-electron chi connectivity index (χ1n) is 7.60. The maximum atomic E-state index is 12.2. The number of carbonyl (C=O) groups is 1. The summed E-state index contributed by atoms with van der Waals surface area (Å²) in [6.07, 6.45) is 0.302. The molecule has 2 rings (SSSR count). The van der Waals surface area contributed by atoms with Gasteiger partial charge in [0.15, 0.2) is 11.5 Å². The second kappa shape index (κ2) is 7.68. The van der Waals surface area contributed by atoms with Crippen LogP contribution in [0.5, 0.6) is 11.5 Å². The Balaban J connectivity index is 2.00. The van der Waals surface area contributed by atoms with Gasteiger partial charge in [0.25, 0.3) is 0 Å². The molecule has 0 aromatic heterocycles. The first-order chi connectivity index (χ1) is 11.0. The molecule has 0 aliphatic rings. The number of hydrogen-bond donors (Lipinski definition) is 1. The molecule has 0 spiro atoms. The van der Waals surface area contributed by atoms with Gasteiger partial charge in [-0.25, -0.2) is 0 Å². The van der Waals surface area contributed by atoms with E-state index in [0.717, 1.165) is 11.1 Å². The maximum absolute atomic E-state index is 12.2. The Morgan fingerprint density at radius 3 is 2.30 bits per heavy atom. The SMILES string of the molecule is COc1ccc(CC(=O)N[C@H](C)c2ccc(C)cc2)cc1OC. The van der Waals surface area contributed by atoms with Crippen LogP contribution >= 0.6 is 0 Å². The maximum Gasteiger partial charge on any atom is 0.224 e. The average Bonchev–Trinajstić information content (AvgIpc) is 2.55. The Kier molecular flexibility index (Phi) is 5.63. The lowest BCUT2D eigenvalue weighted by Gasteiger charge is -2.15. The molecule has 4 nitrogen and oxygen atoms in total. The fraction of sp³-hybridized carbons (Fsp3) is 0.316. The first kappa shape index (κ1) is 16.9. The molecule has 122 valence electrons. The van der Waals surface area contributed by atoms with Crippen LogP contribution in [-0.4, -0.2) is 20.1 Å². The summed E-state index contributed by atoms with van der Waals surface area (Å²) < 4.78 is 10.5. The Bertz CT molecular complexity index is 665. The highest BCUT2D eigenvalue weighted by Crippen LogP contribution is 2.27. The molecular weight excluding hydrogens is 290 g/mol. The number of rotatable bonds is 6. The van der Waals surface area contributed by atoms with Crippen molar-refractivity contribution in [2.24, 2.45) is 0 Å². The first-order valence-corrected chi connectivity index (χ1v) is 7.60. The Morgan fingerprint density at radius 2 is 1.70 bits per heavy atom. The second-order valence-electron chi connectivity index (χ2n) is 5.57. The summed E-state index contributed by atoms with van der Waals surface area (Å²) in [5.41, 5.74) is 3.19. The summed E-state index contributed by atoms with van der Waals surface area (Å²) in [6, 6.07) is 13.7. The number of carbonyl (C=O) groups excluding carboxylic acids is 1. The highest BCUT2D eigenvalue weighted by molar-refractivity contribution is 5.79. The zero-order valence-corrected chi connectivity index (χ0v) is 14.1. The molecule has 0 aliphatic heterocycles. The fourth-order valence-electron chi connectivity index (χ4n) is 2.41. The number of amides is 1. The molecule has 0 saturated heterocycles. The van der Waals surface area contributed by atoms with Crippen molar-refractivity contribution in [1.82, 2.24) is 5.32 Å². The quantitative estimate of drug-likeness (QED) is 0.889. The Morgan fingerprint density at radius 1 is 1.04 bits per heavy atom. The van der Waals surface area contributed by atoms with Crippen LogP contribution in [0.1, 0.15) is 29.7 Å². The van der Waals surface area contributed by atoms with Gasteiger partial charge in [-0.1, -0.05) is 35.9 Å². The van der Waals surface area contributed by atoms with E-state index < -0.39 is 0 Å². The van der Waals surface area contributed by atoms with Crippen LogP contribution in [0.3, 0.4) is 0 Å². The van der Waals surface area contributed by atoms with Gasteiger partial charge in [0, 0.05) is 0 Å². The van der Waals surface area contributed by atoms with Crippen molar-refractivity contribution in [2.45, 2.75) is 26.3 Å². The summed E-state index contributed by atoms with van der Waals surface area (Å²) in [4.78, 5) is 12.2. The molecule has 1 N–H and O–H groups in total. The molecular formula is C19H23NO3. The van der Waals surface area contributed by atoms with Crippen molar-refractivity contribution in [3.8, 4) is 11.5 Å². The number of benzene rings is 2. The van der Waals surface area contributed by atoms with Gasteiger partial charge in [-0.2, -0.15) is 0 Å². The number of hydrogen-bond acceptors (Lipinski definition) is 3. The predicted molar refractivity (Wildman–Crippen MR) is 91.0 cm³/mol. The van der Waals surface area contributed by atoms with E-state index in [4.69, 9.17) is 9.47 Å². The summed E-state index contributed by atoms with van der Waals surface area (Å²) in [7, 11) is 3.18. The van der Waals surface area contributed by atoms with Gasteiger partial charge >= 0.3 is 0 Å². The zero-order valence-electron chi connectivity index (χ0n) is 14.1. The highest BCUT2D eigenvalue weighted by atomic mass is 16.5. The van der Waals surface area contributed by atoms with Crippen molar-refractivity contribution >= 4 is 5.91 Å². The van der Waals surface area contributed by atoms with E-state index in [0.29, 0.717) is 17.9 Å². The van der Waals surface area contributed by atoms with Crippen molar-refractivity contribution in [3.05, 3.63) is 59.2 Å². The van der Waals surface area contributed by atoms with Crippen molar-refractivity contribution in [3.63, 3.8) is 0 Å². The van der Waals surface area contributed by atoms with E-state index in [1.807, 2.05) is 56.3 Å². The summed E-state index contributed by atoms with van der Waals surface area (Å²) >= 11 is 0. The highest BCUT2D eigenvalue weighted by Gasteiger charge is 2.12. The lowest BCUT2D eigenvalue weighted by atomic mass is 10.1. The van der Waals surface area contributed by atoms with Gasteiger partial charge in [0.2, 0.25) is 5.91 Å². The molecule has 0 aliphatic carbocycles.